The molecule has 0 spiro atoms. The first-order valence-corrected chi connectivity index (χ1v) is 4.11. The third kappa shape index (κ3) is 5.46. The van der Waals surface area contributed by atoms with Gasteiger partial charge in [-0.25, -0.2) is 14.0 Å². The van der Waals surface area contributed by atoms with Crippen LogP contribution in [-0.4, -0.2) is 24.6 Å². The average Bonchev–Trinajstić information content (AvgIpc) is 2.23. The zero-order valence-corrected chi connectivity index (χ0v) is 8.36. The molecule has 0 radical (unpaired) electrons. The fraction of sp³-hybridized carbons (Fsp3) is 0.273. The summed E-state index contributed by atoms with van der Waals surface area (Å²) in [7, 11) is 0. The number of carbonyl (C=O) groups is 2. The lowest BCUT2D eigenvalue weighted by Crippen LogP contribution is -2.25. The van der Waals surface area contributed by atoms with E-state index >= 15 is 0 Å². The molecule has 0 amide bonds. The predicted molar refractivity (Wildman–Crippen MR) is 53.4 cm³/mol. The van der Waals surface area contributed by atoms with Gasteiger partial charge in [-0.3, -0.25) is 0 Å². The van der Waals surface area contributed by atoms with E-state index in [4.69, 9.17) is 12.8 Å². The van der Waals surface area contributed by atoms with Crippen LogP contribution in [0.15, 0.2) is 12.4 Å². The summed E-state index contributed by atoms with van der Waals surface area (Å²) in [5.74, 6) is 0.619. The summed E-state index contributed by atoms with van der Waals surface area (Å²) in [6.45, 7) is 2.59. The maximum absolute atomic E-state index is 12.4. The van der Waals surface area contributed by atoms with Crippen LogP contribution in [0.4, 0.5) is 4.39 Å². The fourth-order valence-electron chi connectivity index (χ4n) is 0.679. The Hall–Kier alpha value is -2.27. The van der Waals surface area contributed by atoms with E-state index in [0.717, 1.165) is 0 Å². The van der Waals surface area contributed by atoms with Crippen molar-refractivity contribution in [1.29, 1.82) is 0 Å². The molecule has 0 fully saturated rings. The molecule has 0 aromatic heterocycles. The lowest BCUT2D eigenvalue weighted by atomic mass is 10.2. The highest BCUT2D eigenvalue weighted by Gasteiger charge is 2.21. The second-order valence-corrected chi connectivity index (χ2v) is 2.56. The van der Waals surface area contributed by atoms with Gasteiger partial charge in [0.25, 0.3) is 0 Å². The van der Waals surface area contributed by atoms with Gasteiger partial charge in [0, 0.05) is 6.42 Å². The Morgan fingerprint density at radius 3 is 2.44 bits per heavy atom. The summed E-state index contributed by atoms with van der Waals surface area (Å²) in [6, 6.07) is 0. The standard InChI is InChI=1S/C11H9FO4/c1-4-6-15-10(13)11(14)16-9(5-2)7-8(3)12/h1-2,9H,3,6-7H2. The third-order valence-corrected chi connectivity index (χ3v) is 1.30. The van der Waals surface area contributed by atoms with Crippen LogP contribution in [0.25, 0.3) is 0 Å². The second kappa shape index (κ2) is 7.08. The lowest BCUT2D eigenvalue weighted by Gasteiger charge is -2.09. The maximum Gasteiger partial charge on any atom is 0.418 e. The van der Waals surface area contributed by atoms with E-state index in [1.807, 2.05) is 11.8 Å². The minimum absolute atomic E-state index is 0.357. The molecule has 0 bridgehead atoms. The number of rotatable bonds is 4. The van der Waals surface area contributed by atoms with Gasteiger partial charge in [-0.2, -0.15) is 0 Å². The maximum atomic E-state index is 12.4. The largest absolute Gasteiger partial charge is 0.444 e. The minimum Gasteiger partial charge on any atom is -0.444 e. The Balaban J connectivity index is 4.22. The minimum atomic E-state index is -1.32. The van der Waals surface area contributed by atoms with Gasteiger partial charge in [-0.05, 0) is 0 Å². The molecule has 1 atom stereocenters. The molecule has 1 unspecified atom stereocenters. The van der Waals surface area contributed by atoms with E-state index in [9.17, 15) is 14.0 Å². The zero-order chi connectivity index (χ0) is 12.6. The highest BCUT2D eigenvalue weighted by Crippen LogP contribution is 2.07. The Morgan fingerprint density at radius 2 is 2.00 bits per heavy atom. The number of hydrogen-bond acceptors (Lipinski definition) is 4. The smallest absolute Gasteiger partial charge is 0.418 e. The number of ether oxygens (including phenoxy) is 2. The van der Waals surface area contributed by atoms with Crippen LogP contribution in [0, 0.1) is 24.7 Å². The Kier molecular flexibility index (Phi) is 6.07. The highest BCUT2D eigenvalue weighted by molar-refractivity contribution is 6.29. The van der Waals surface area contributed by atoms with Crippen molar-refractivity contribution in [3.8, 4) is 24.7 Å². The number of esters is 2. The quantitative estimate of drug-likeness (QED) is 0.398. The first kappa shape index (κ1) is 13.7. The second-order valence-electron chi connectivity index (χ2n) is 2.56. The monoisotopic (exact) mass is 224 g/mol. The van der Waals surface area contributed by atoms with Crippen molar-refractivity contribution in [2.75, 3.05) is 6.61 Å². The molecule has 0 N–H and O–H groups in total. The van der Waals surface area contributed by atoms with Crippen molar-refractivity contribution in [3.63, 3.8) is 0 Å². The molecule has 16 heavy (non-hydrogen) atoms. The summed E-state index contributed by atoms with van der Waals surface area (Å²) in [5.41, 5.74) is 0. The summed E-state index contributed by atoms with van der Waals surface area (Å²) in [4.78, 5) is 21.8. The molecule has 0 heterocycles. The first-order chi connectivity index (χ1) is 7.51. The van der Waals surface area contributed by atoms with Crippen LogP contribution >= 0.6 is 0 Å². The summed E-state index contributed by atoms with van der Waals surface area (Å²) < 4.78 is 21.1. The van der Waals surface area contributed by atoms with Gasteiger partial charge in [0.2, 0.25) is 0 Å². The Bertz CT molecular complexity index is 372. The molecule has 4 nitrogen and oxygen atoms in total. The Morgan fingerprint density at radius 1 is 1.38 bits per heavy atom. The molecule has 0 aliphatic rings. The van der Waals surface area contributed by atoms with Crippen molar-refractivity contribution < 1.29 is 23.5 Å². The fourth-order valence-corrected chi connectivity index (χ4v) is 0.679. The van der Waals surface area contributed by atoms with E-state index < -0.39 is 23.9 Å². The molecule has 84 valence electrons. The third-order valence-electron chi connectivity index (χ3n) is 1.30. The average molecular weight is 224 g/mol. The van der Waals surface area contributed by atoms with E-state index in [0.29, 0.717) is 0 Å². The van der Waals surface area contributed by atoms with Crippen molar-refractivity contribution in [2.24, 2.45) is 0 Å². The van der Waals surface area contributed by atoms with Crippen molar-refractivity contribution >= 4 is 11.9 Å². The van der Waals surface area contributed by atoms with Gasteiger partial charge in [-0.1, -0.05) is 18.4 Å². The SMILES string of the molecule is C#CCOC(=O)C(=O)OC(C#C)CC(=C)F. The summed E-state index contributed by atoms with van der Waals surface area (Å²) >= 11 is 0. The van der Waals surface area contributed by atoms with Gasteiger partial charge >= 0.3 is 11.9 Å². The number of halogens is 1. The van der Waals surface area contributed by atoms with Crippen molar-refractivity contribution in [1.82, 2.24) is 0 Å². The normalized spacial score (nSPS) is 10.4. The predicted octanol–water partition coefficient (Wildman–Crippen LogP) is 0.581. The highest BCUT2D eigenvalue weighted by atomic mass is 19.1. The van der Waals surface area contributed by atoms with Gasteiger partial charge < -0.3 is 9.47 Å². The molecule has 0 aliphatic heterocycles. The lowest BCUT2D eigenvalue weighted by molar-refractivity contribution is -0.168. The molecule has 0 aromatic rings. The summed E-state index contributed by atoms with van der Waals surface area (Å²) in [5, 5.41) is 0. The molecule has 0 aliphatic carbocycles. The van der Waals surface area contributed by atoms with Crippen molar-refractivity contribution in [2.45, 2.75) is 12.5 Å². The van der Waals surface area contributed by atoms with Gasteiger partial charge in [0.05, 0.1) is 5.83 Å². The van der Waals surface area contributed by atoms with Crippen LogP contribution in [0.5, 0.6) is 0 Å². The molecule has 0 rings (SSSR count). The molecule has 5 heteroatoms. The van der Waals surface area contributed by atoms with Gasteiger partial charge in [-0.15, -0.1) is 12.8 Å². The Labute approximate surface area is 92.4 Å². The summed E-state index contributed by atoms with van der Waals surface area (Å²) in [6.07, 6.45) is 8.19. The number of carbonyl (C=O) groups excluding carboxylic acids is 2. The molecule has 0 saturated heterocycles. The van der Waals surface area contributed by atoms with Crippen LogP contribution in [-0.2, 0) is 19.1 Å². The van der Waals surface area contributed by atoms with Crippen LogP contribution in [0.3, 0.4) is 0 Å². The molecular weight excluding hydrogens is 215 g/mol. The van der Waals surface area contributed by atoms with E-state index in [-0.39, 0.29) is 13.0 Å². The first-order valence-electron chi connectivity index (χ1n) is 4.11. The van der Waals surface area contributed by atoms with Gasteiger partial charge in [0.1, 0.15) is 0 Å². The molecular formula is C11H9FO4. The molecule has 0 saturated carbocycles. The molecule has 0 aromatic carbocycles. The van der Waals surface area contributed by atoms with Crippen molar-refractivity contribution in [3.05, 3.63) is 12.4 Å². The van der Waals surface area contributed by atoms with Crippen LogP contribution in [0.1, 0.15) is 6.42 Å². The van der Waals surface area contributed by atoms with Gasteiger partial charge in [0.15, 0.2) is 12.7 Å². The van der Waals surface area contributed by atoms with E-state index in [1.54, 1.807) is 0 Å². The van der Waals surface area contributed by atoms with Crippen LogP contribution in [0.2, 0.25) is 0 Å². The van der Waals surface area contributed by atoms with E-state index in [2.05, 4.69) is 16.1 Å². The van der Waals surface area contributed by atoms with Crippen LogP contribution < -0.4 is 0 Å². The topological polar surface area (TPSA) is 52.6 Å². The van der Waals surface area contributed by atoms with E-state index in [1.165, 1.54) is 0 Å². The zero-order valence-electron chi connectivity index (χ0n) is 8.36. The number of terminal acetylenes is 2. The number of hydrogen-bond donors (Lipinski definition) is 0.